The largest absolute Gasteiger partial charge is 0.486 e. The summed E-state index contributed by atoms with van der Waals surface area (Å²) in [5, 5.41) is 17.8. The van der Waals surface area contributed by atoms with Crippen molar-refractivity contribution in [2.45, 2.75) is 25.0 Å². The highest BCUT2D eigenvalue weighted by Gasteiger charge is 2.26. The molecule has 1 aliphatic rings. The van der Waals surface area contributed by atoms with Crippen molar-refractivity contribution in [1.82, 2.24) is 0 Å². The lowest BCUT2D eigenvalue weighted by molar-refractivity contribution is 0.0570. The fourth-order valence-corrected chi connectivity index (χ4v) is 1.68. The summed E-state index contributed by atoms with van der Waals surface area (Å²) in [6, 6.07) is 5.99. The zero-order valence-electron chi connectivity index (χ0n) is 7.98. The van der Waals surface area contributed by atoms with Crippen LogP contribution in [0.25, 0.3) is 0 Å². The second-order valence-corrected chi connectivity index (χ2v) is 3.52. The third-order valence-corrected chi connectivity index (χ3v) is 2.48. The second-order valence-electron chi connectivity index (χ2n) is 3.52. The van der Waals surface area contributed by atoms with Crippen molar-refractivity contribution in [2.24, 2.45) is 0 Å². The number of hydrogen-bond acceptors (Lipinski definition) is 3. The zero-order valence-corrected chi connectivity index (χ0v) is 7.98. The Balaban J connectivity index is 2.21. The SMILES string of the molecule is N#CC(O)C1CCc2cc(F)ccc2O1. The van der Waals surface area contributed by atoms with Crippen molar-refractivity contribution in [3.05, 3.63) is 29.6 Å². The number of benzene rings is 1. The molecule has 0 spiro atoms. The number of ether oxygens (including phenoxy) is 1. The number of halogens is 1. The van der Waals surface area contributed by atoms with Crippen molar-refractivity contribution in [3.8, 4) is 11.8 Å². The first kappa shape index (κ1) is 9.94. The van der Waals surface area contributed by atoms with Gasteiger partial charge in [-0.3, -0.25) is 0 Å². The molecule has 15 heavy (non-hydrogen) atoms. The molecule has 2 rings (SSSR count). The van der Waals surface area contributed by atoms with Crippen LogP contribution in [0.15, 0.2) is 18.2 Å². The average molecular weight is 207 g/mol. The van der Waals surface area contributed by atoms with E-state index in [-0.39, 0.29) is 5.82 Å². The van der Waals surface area contributed by atoms with Crippen LogP contribution in [-0.2, 0) is 6.42 Å². The van der Waals surface area contributed by atoms with Crippen molar-refractivity contribution in [1.29, 1.82) is 5.26 Å². The number of fused-ring (bicyclic) bond motifs is 1. The number of rotatable bonds is 1. The maximum atomic E-state index is 12.9. The first-order valence-electron chi connectivity index (χ1n) is 4.73. The molecule has 3 nitrogen and oxygen atoms in total. The van der Waals surface area contributed by atoms with E-state index >= 15 is 0 Å². The average Bonchev–Trinajstić information content (AvgIpc) is 2.27. The summed E-state index contributed by atoms with van der Waals surface area (Å²) in [6.07, 6.45) is -0.474. The molecule has 1 heterocycles. The van der Waals surface area contributed by atoms with E-state index in [0.29, 0.717) is 18.6 Å². The Morgan fingerprint density at radius 2 is 2.40 bits per heavy atom. The van der Waals surface area contributed by atoms with Crippen LogP contribution in [0.1, 0.15) is 12.0 Å². The molecule has 1 aromatic rings. The van der Waals surface area contributed by atoms with E-state index in [1.54, 1.807) is 6.07 Å². The van der Waals surface area contributed by atoms with Gasteiger partial charge in [0.15, 0.2) is 6.10 Å². The molecule has 1 N–H and O–H groups in total. The maximum Gasteiger partial charge on any atom is 0.177 e. The van der Waals surface area contributed by atoms with Gasteiger partial charge in [-0.15, -0.1) is 0 Å². The monoisotopic (exact) mass is 207 g/mol. The van der Waals surface area contributed by atoms with Gasteiger partial charge in [0.2, 0.25) is 0 Å². The Kier molecular flexibility index (Phi) is 2.57. The third-order valence-electron chi connectivity index (χ3n) is 2.48. The normalized spacial score (nSPS) is 21.0. The van der Waals surface area contributed by atoms with Crippen molar-refractivity contribution in [3.63, 3.8) is 0 Å². The molecule has 0 amide bonds. The summed E-state index contributed by atoms with van der Waals surface area (Å²) in [4.78, 5) is 0. The maximum absolute atomic E-state index is 12.9. The van der Waals surface area contributed by atoms with E-state index in [1.807, 2.05) is 0 Å². The Bertz CT molecular complexity index is 414. The zero-order chi connectivity index (χ0) is 10.8. The molecule has 0 bridgehead atoms. The molecule has 0 saturated heterocycles. The predicted octanol–water partition coefficient (Wildman–Crippen LogP) is 1.40. The molecule has 1 aliphatic heterocycles. The number of aliphatic hydroxyl groups excluding tert-OH is 1. The number of aryl methyl sites for hydroxylation is 1. The molecule has 78 valence electrons. The van der Waals surface area contributed by atoms with Crippen LogP contribution >= 0.6 is 0 Å². The first-order valence-corrected chi connectivity index (χ1v) is 4.73. The summed E-state index contributed by atoms with van der Waals surface area (Å²) in [5.41, 5.74) is 0.788. The van der Waals surface area contributed by atoms with E-state index < -0.39 is 12.2 Å². The second kappa shape index (κ2) is 3.87. The minimum Gasteiger partial charge on any atom is -0.486 e. The van der Waals surface area contributed by atoms with E-state index in [0.717, 1.165) is 5.56 Å². The highest BCUT2D eigenvalue weighted by atomic mass is 19.1. The minimum atomic E-state index is -1.12. The molecule has 2 unspecified atom stereocenters. The molecule has 0 aliphatic carbocycles. The van der Waals surface area contributed by atoms with E-state index in [4.69, 9.17) is 10.00 Å². The predicted molar refractivity (Wildman–Crippen MR) is 50.8 cm³/mol. The van der Waals surface area contributed by atoms with Crippen LogP contribution < -0.4 is 4.74 Å². The Hall–Kier alpha value is -1.60. The standard InChI is InChI=1S/C11H10FNO2/c12-8-2-4-10-7(5-8)1-3-11(15-10)9(14)6-13/h2,4-5,9,11,14H,1,3H2. The Morgan fingerprint density at radius 3 is 3.13 bits per heavy atom. The van der Waals surface area contributed by atoms with E-state index in [1.165, 1.54) is 18.2 Å². The molecule has 4 heteroatoms. The summed E-state index contributed by atoms with van der Waals surface area (Å²) >= 11 is 0. The van der Waals surface area contributed by atoms with Crippen LogP contribution in [0, 0.1) is 17.1 Å². The van der Waals surface area contributed by atoms with E-state index in [2.05, 4.69) is 0 Å². The van der Waals surface area contributed by atoms with Gasteiger partial charge in [0, 0.05) is 0 Å². The lowest BCUT2D eigenvalue weighted by Crippen LogP contribution is -2.33. The van der Waals surface area contributed by atoms with Gasteiger partial charge in [-0.1, -0.05) is 0 Å². The van der Waals surface area contributed by atoms with Gasteiger partial charge < -0.3 is 9.84 Å². The lowest BCUT2D eigenvalue weighted by Gasteiger charge is -2.26. The summed E-state index contributed by atoms with van der Waals surface area (Å²) < 4.78 is 18.3. The van der Waals surface area contributed by atoms with Gasteiger partial charge in [-0.25, -0.2) is 4.39 Å². The molecular weight excluding hydrogens is 197 g/mol. The Morgan fingerprint density at radius 1 is 1.60 bits per heavy atom. The van der Waals surface area contributed by atoms with Gasteiger partial charge in [0.1, 0.15) is 17.7 Å². The summed E-state index contributed by atoms with van der Waals surface area (Å²) in [7, 11) is 0. The molecule has 0 aromatic heterocycles. The fourth-order valence-electron chi connectivity index (χ4n) is 1.68. The van der Waals surface area contributed by atoms with Crippen molar-refractivity contribution in [2.75, 3.05) is 0 Å². The summed E-state index contributed by atoms with van der Waals surface area (Å²) in [6.45, 7) is 0. The molecule has 0 fully saturated rings. The third kappa shape index (κ3) is 1.92. The van der Waals surface area contributed by atoms with Crippen LogP contribution in [0.5, 0.6) is 5.75 Å². The molecule has 0 saturated carbocycles. The molecular formula is C11H10FNO2. The van der Waals surface area contributed by atoms with Crippen molar-refractivity contribution >= 4 is 0 Å². The highest BCUT2D eigenvalue weighted by molar-refractivity contribution is 5.36. The van der Waals surface area contributed by atoms with E-state index in [9.17, 15) is 9.50 Å². The van der Waals surface area contributed by atoms with Crippen LogP contribution in [-0.4, -0.2) is 17.3 Å². The fraction of sp³-hybridized carbons (Fsp3) is 0.364. The summed E-state index contributed by atoms with van der Waals surface area (Å²) in [5.74, 6) is 0.263. The van der Waals surface area contributed by atoms with Crippen LogP contribution in [0.4, 0.5) is 4.39 Å². The van der Waals surface area contributed by atoms with Crippen LogP contribution in [0.3, 0.4) is 0 Å². The first-order chi connectivity index (χ1) is 7.20. The van der Waals surface area contributed by atoms with Crippen molar-refractivity contribution < 1.29 is 14.2 Å². The molecule has 1 aromatic carbocycles. The molecule has 2 atom stereocenters. The van der Waals surface area contributed by atoms with Gasteiger partial charge in [-0.2, -0.15) is 5.26 Å². The highest BCUT2D eigenvalue weighted by Crippen LogP contribution is 2.29. The molecule has 0 radical (unpaired) electrons. The van der Waals surface area contributed by atoms with Crippen LogP contribution in [0.2, 0.25) is 0 Å². The van der Waals surface area contributed by atoms with Gasteiger partial charge >= 0.3 is 0 Å². The number of aliphatic hydroxyl groups is 1. The van der Waals surface area contributed by atoms with Gasteiger partial charge in [-0.05, 0) is 36.6 Å². The number of hydrogen-bond donors (Lipinski definition) is 1. The number of nitriles is 1. The topological polar surface area (TPSA) is 53.2 Å². The lowest BCUT2D eigenvalue weighted by atomic mass is 9.99. The van der Waals surface area contributed by atoms with Gasteiger partial charge in [0.05, 0.1) is 6.07 Å². The number of nitrogens with zero attached hydrogens (tertiary/aromatic N) is 1. The van der Waals surface area contributed by atoms with Gasteiger partial charge in [0.25, 0.3) is 0 Å². The Labute approximate surface area is 86.7 Å². The quantitative estimate of drug-likeness (QED) is 0.708. The minimum absolute atomic E-state index is 0.295. The smallest absolute Gasteiger partial charge is 0.177 e.